The van der Waals surface area contributed by atoms with Crippen molar-refractivity contribution in [2.24, 2.45) is 0 Å². The molecule has 9 heteroatoms. The molecule has 2 rings (SSSR count). The lowest BCUT2D eigenvalue weighted by atomic mass is 10.2. The maximum absolute atomic E-state index is 12.2. The van der Waals surface area contributed by atoms with Crippen molar-refractivity contribution >= 4 is 21.5 Å². The third kappa shape index (κ3) is 4.24. The lowest BCUT2D eigenvalue weighted by molar-refractivity contribution is -0.384. The van der Waals surface area contributed by atoms with Crippen molar-refractivity contribution in [3.8, 4) is 0 Å². The molecule has 0 atom stereocenters. The highest BCUT2D eigenvalue weighted by Crippen LogP contribution is 2.16. The number of benzene rings is 1. The van der Waals surface area contributed by atoms with Crippen LogP contribution >= 0.6 is 0 Å². The Bertz CT molecular complexity index is 804. The average Bonchev–Trinajstić information content (AvgIpc) is 2.53. The van der Waals surface area contributed by atoms with E-state index < -0.39 is 14.9 Å². The molecule has 1 aromatic carbocycles. The van der Waals surface area contributed by atoms with Gasteiger partial charge in [-0.3, -0.25) is 10.1 Å². The Balaban J connectivity index is 2.12. The number of non-ortho nitro benzene ring substituents is 1. The zero-order valence-electron chi connectivity index (χ0n) is 12.6. The van der Waals surface area contributed by atoms with Crippen molar-refractivity contribution in [1.82, 2.24) is 9.71 Å². The van der Waals surface area contributed by atoms with E-state index in [0.717, 1.165) is 23.5 Å². The van der Waals surface area contributed by atoms with Crippen LogP contribution in [0.5, 0.6) is 0 Å². The van der Waals surface area contributed by atoms with Gasteiger partial charge in [0.15, 0.2) is 0 Å². The standard InChI is InChI=1S/C14H16N4O4S/c1-17(2)14-9-11(7-8-15-14)10-16-23(21,22)13-5-3-12(4-6-13)18(19)20/h3-9,16H,10H2,1-2H3. The molecule has 2 aromatic rings. The second-order valence-corrected chi connectivity index (χ2v) is 6.76. The number of hydrogen-bond donors (Lipinski definition) is 1. The minimum absolute atomic E-state index is 0.0232. The van der Waals surface area contributed by atoms with E-state index in [4.69, 9.17) is 0 Å². The molecule has 0 bridgehead atoms. The van der Waals surface area contributed by atoms with Crippen molar-refractivity contribution in [1.29, 1.82) is 0 Å². The van der Waals surface area contributed by atoms with Crippen molar-refractivity contribution in [2.75, 3.05) is 19.0 Å². The highest BCUT2D eigenvalue weighted by Gasteiger charge is 2.15. The summed E-state index contributed by atoms with van der Waals surface area (Å²) in [6, 6.07) is 8.22. The monoisotopic (exact) mass is 336 g/mol. The molecule has 0 fully saturated rings. The quantitative estimate of drug-likeness (QED) is 0.633. The Labute approximate surface area is 134 Å². The van der Waals surface area contributed by atoms with Gasteiger partial charge in [-0.1, -0.05) is 0 Å². The predicted molar refractivity (Wildman–Crippen MR) is 85.7 cm³/mol. The van der Waals surface area contributed by atoms with Gasteiger partial charge in [0.05, 0.1) is 9.82 Å². The summed E-state index contributed by atoms with van der Waals surface area (Å²) in [5, 5.41) is 10.6. The molecule has 23 heavy (non-hydrogen) atoms. The van der Waals surface area contributed by atoms with Crippen molar-refractivity contribution in [3.05, 3.63) is 58.3 Å². The molecule has 1 heterocycles. The normalized spacial score (nSPS) is 11.2. The molecule has 0 aliphatic heterocycles. The second-order valence-electron chi connectivity index (χ2n) is 4.99. The second kappa shape index (κ2) is 6.71. The molecule has 122 valence electrons. The van der Waals surface area contributed by atoms with E-state index >= 15 is 0 Å². The highest BCUT2D eigenvalue weighted by molar-refractivity contribution is 7.89. The van der Waals surface area contributed by atoms with E-state index in [0.29, 0.717) is 0 Å². The smallest absolute Gasteiger partial charge is 0.269 e. The molecular formula is C14H16N4O4S. The van der Waals surface area contributed by atoms with Crippen LogP contribution in [0.15, 0.2) is 47.5 Å². The first kappa shape index (κ1) is 16.8. The molecule has 0 aliphatic rings. The zero-order chi connectivity index (χ0) is 17.0. The number of aromatic nitrogens is 1. The van der Waals surface area contributed by atoms with Crippen LogP contribution in [-0.2, 0) is 16.6 Å². The van der Waals surface area contributed by atoms with E-state index in [1.165, 1.54) is 12.1 Å². The topological polar surface area (TPSA) is 105 Å². The Morgan fingerprint density at radius 3 is 2.43 bits per heavy atom. The van der Waals surface area contributed by atoms with Gasteiger partial charge in [-0.05, 0) is 29.8 Å². The molecule has 0 amide bonds. The minimum Gasteiger partial charge on any atom is -0.363 e. The number of nitrogens with one attached hydrogen (secondary N) is 1. The zero-order valence-corrected chi connectivity index (χ0v) is 13.4. The molecule has 0 radical (unpaired) electrons. The summed E-state index contributed by atoms with van der Waals surface area (Å²) in [6.07, 6.45) is 1.60. The third-order valence-corrected chi connectivity index (χ3v) is 4.51. The van der Waals surface area contributed by atoms with Gasteiger partial charge < -0.3 is 4.90 Å². The van der Waals surface area contributed by atoms with E-state index in [2.05, 4.69) is 9.71 Å². The van der Waals surface area contributed by atoms with Crippen LogP contribution < -0.4 is 9.62 Å². The van der Waals surface area contributed by atoms with E-state index in [1.807, 2.05) is 19.0 Å². The first-order valence-corrected chi connectivity index (χ1v) is 8.14. The molecule has 1 aromatic heterocycles. The fourth-order valence-corrected chi connectivity index (χ4v) is 2.84. The first-order chi connectivity index (χ1) is 10.8. The average molecular weight is 336 g/mol. The molecule has 0 saturated carbocycles. The summed E-state index contributed by atoms with van der Waals surface area (Å²) in [4.78, 5) is 16.0. The molecule has 0 spiro atoms. The van der Waals surface area contributed by atoms with Crippen LogP contribution in [0, 0.1) is 10.1 Å². The van der Waals surface area contributed by atoms with Gasteiger partial charge in [-0.25, -0.2) is 18.1 Å². The highest BCUT2D eigenvalue weighted by atomic mass is 32.2. The number of nitrogens with zero attached hydrogens (tertiary/aromatic N) is 3. The maximum atomic E-state index is 12.2. The van der Waals surface area contributed by atoms with Crippen LogP contribution in [0.25, 0.3) is 0 Å². The fourth-order valence-electron chi connectivity index (χ4n) is 1.82. The molecule has 0 saturated heterocycles. The predicted octanol–water partition coefficient (Wildman–Crippen LogP) is 1.53. The molecule has 0 unspecified atom stereocenters. The summed E-state index contributed by atoms with van der Waals surface area (Å²) in [6.45, 7) is 0.0999. The van der Waals surface area contributed by atoms with Crippen LogP contribution in [0.2, 0.25) is 0 Å². The van der Waals surface area contributed by atoms with Gasteiger partial charge in [0, 0.05) is 39.0 Å². The minimum atomic E-state index is -3.74. The van der Waals surface area contributed by atoms with Gasteiger partial charge in [0.1, 0.15) is 5.82 Å². The number of hydrogen-bond acceptors (Lipinski definition) is 6. The van der Waals surface area contributed by atoms with Crippen molar-refractivity contribution in [3.63, 3.8) is 0 Å². The van der Waals surface area contributed by atoms with Gasteiger partial charge in [-0.2, -0.15) is 0 Å². The van der Waals surface area contributed by atoms with Gasteiger partial charge in [0.2, 0.25) is 10.0 Å². The molecule has 0 aliphatic carbocycles. The van der Waals surface area contributed by atoms with Crippen molar-refractivity contribution in [2.45, 2.75) is 11.4 Å². The summed E-state index contributed by atoms with van der Waals surface area (Å²) < 4.78 is 26.9. The number of pyridine rings is 1. The Kier molecular flexibility index (Phi) is 4.92. The number of nitro benzene ring substituents is 1. The van der Waals surface area contributed by atoms with E-state index in [9.17, 15) is 18.5 Å². The lowest BCUT2D eigenvalue weighted by Crippen LogP contribution is -2.23. The summed E-state index contributed by atoms with van der Waals surface area (Å²) in [5.41, 5.74) is 0.600. The molecular weight excluding hydrogens is 320 g/mol. The van der Waals surface area contributed by atoms with Crippen LogP contribution in [0.3, 0.4) is 0 Å². The van der Waals surface area contributed by atoms with Gasteiger partial charge >= 0.3 is 0 Å². The number of rotatable bonds is 6. The first-order valence-electron chi connectivity index (χ1n) is 6.66. The van der Waals surface area contributed by atoms with E-state index in [1.54, 1.807) is 18.3 Å². The SMILES string of the molecule is CN(C)c1cc(CNS(=O)(=O)c2ccc([N+](=O)[O-])cc2)ccn1. The van der Waals surface area contributed by atoms with Gasteiger partial charge in [0.25, 0.3) is 5.69 Å². The van der Waals surface area contributed by atoms with E-state index in [-0.39, 0.29) is 17.1 Å². The third-order valence-electron chi connectivity index (χ3n) is 3.09. The number of sulfonamides is 1. The number of anilines is 1. The van der Waals surface area contributed by atoms with Crippen LogP contribution in [0.1, 0.15) is 5.56 Å². The Morgan fingerprint density at radius 2 is 1.87 bits per heavy atom. The summed E-state index contributed by atoms with van der Waals surface area (Å²) >= 11 is 0. The van der Waals surface area contributed by atoms with Crippen LogP contribution in [0.4, 0.5) is 11.5 Å². The molecule has 8 nitrogen and oxygen atoms in total. The fraction of sp³-hybridized carbons (Fsp3) is 0.214. The Morgan fingerprint density at radius 1 is 1.22 bits per heavy atom. The van der Waals surface area contributed by atoms with Crippen molar-refractivity contribution < 1.29 is 13.3 Å². The maximum Gasteiger partial charge on any atom is 0.269 e. The lowest BCUT2D eigenvalue weighted by Gasteiger charge is -2.12. The summed E-state index contributed by atoms with van der Waals surface area (Å²) in [7, 11) is -0.0598. The van der Waals surface area contributed by atoms with Crippen LogP contribution in [-0.4, -0.2) is 32.4 Å². The molecule has 1 N–H and O–H groups in total. The largest absolute Gasteiger partial charge is 0.363 e. The number of nitro groups is 1. The summed E-state index contributed by atoms with van der Waals surface area (Å²) in [5.74, 6) is 0.719. The van der Waals surface area contributed by atoms with Gasteiger partial charge in [-0.15, -0.1) is 0 Å². The Hall–Kier alpha value is -2.52.